The normalized spacial score (nSPS) is 17.6. The van der Waals surface area contributed by atoms with Gasteiger partial charge >= 0.3 is 0 Å². The summed E-state index contributed by atoms with van der Waals surface area (Å²) in [5, 5.41) is 0. The number of benzene rings is 1. The van der Waals surface area contributed by atoms with Crippen LogP contribution in [0.25, 0.3) is 0 Å². The van der Waals surface area contributed by atoms with Crippen molar-refractivity contribution in [3.8, 4) is 0 Å². The van der Waals surface area contributed by atoms with Crippen molar-refractivity contribution in [2.24, 2.45) is 0 Å². The van der Waals surface area contributed by atoms with Crippen molar-refractivity contribution in [2.45, 2.75) is 45.6 Å². The van der Waals surface area contributed by atoms with Crippen LogP contribution in [0.3, 0.4) is 0 Å². The van der Waals surface area contributed by atoms with Crippen molar-refractivity contribution in [1.82, 2.24) is 4.90 Å². The average Bonchev–Trinajstić information content (AvgIpc) is 2.92. The minimum Gasteiger partial charge on any atom is -0.293 e. The fourth-order valence-electron chi connectivity index (χ4n) is 2.74. The minimum absolute atomic E-state index is 0.0719. The van der Waals surface area contributed by atoms with Crippen molar-refractivity contribution in [3.63, 3.8) is 0 Å². The SMILES string of the molecule is CCCC(C(=O)c1ccc(C)c(F)c1)N1CCCC1. The summed E-state index contributed by atoms with van der Waals surface area (Å²) in [6.45, 7) is 5.79. The van der Waals surface area contributed by atoms with Gasteiger partial charge in [0.05, 0.1) is 6.04 Å². The topological polar surface area (TPSA) is 20.3 Å². The van der Waals surface area contributed by atoms with Crippen molar-refractivity contribution < 1.29 is 9.18 Å². The van der Waals surface area contributed by atoms with Crippen LogP contribution in [0.4, 0.5) is 4.39 Å². The van der Waals surface area contributed by atoms with Crippen molar-refractivity contribution >= 4 is 5.78 Å². The van der Waals surface area contributed by atoms with Gasteiger partial charge in [-0.3, -0.25) is 9.69 Å². The highest BCUT2D eigenvalue weighted by atomic mass is 19.1. The third-order valence-electron chi connectivity index (χ3n) is 3.90. The number of carbonyl (C=O) groups is 1. The van der Waals surface area contributed by atoms with E-state index < -0.39 is 0 Å². The molecule has 104 valence electrons. The summed E-state index contributed by atoms with van der Waals surface area (Å²) in [4.78, 5) is 14.8. The summed E-state index contributed by atoms with van der Waals surface area (Å²) in [6.07, 6.45) is 4.15. The molecule has 1 heterocycles. The lowest BCUT2D eigenvalue weighted by molar-refractivity contribution is 0.0836. The predicted molar refractivity (Wildman–Crippen MR) is 75.0 cm³/mol. The molecule has 0 amide bonds. The first-order valence-corrected chi connectivity index (χ1v) is 7.18. The standard InChI is InChI=1S/C16H22FNO/c1-3-6-15(18-9-4-5-10-18)16(19)13-8-7-12(2)14(17)11-13/h7-8,11,15H,3-6,9-10H2,1-2H3. The molecule has 1 aromatic carbocycles. The van der Waals surface area contributed by atoms with Crippen LogP contribution in [0.2, 0.25) is 0 Å². The number of ketones is 1. The van der Waals surface area contributed by atoms with Gasteiger partial charge in [0.25, 0.3) is 0 Å². The van der Waals surface area contributed by atoms with E-state index in [0.717, 1.165) is 38.8 Å². The Bertz CT molecular complexity index is 452. The zero-order valence-corrected chi connectivity index (χ0v) is 11.8. The maximum absolute atomic E-state index is 13.6. The average molecular weight is 263 g/mol. The van der Waals surface area contributed by atoms with E-state index in [1.54, 1.807) is 19.1 Å². The van der Waals surface area contributed by atoms with Crippen LogP contribution in [0.15, 0.2) is 18.2 Å². The van der Waals surface area contributed by atoms with E-state index in [9.17, 15) is 9.18 Å². The Morgan fingerprint density at radius 2 is 2.05 bits per heavy atom. The lowest BCUT2D eigenvalue weighted by Gasteiger charge is -2.26. The third-order valence-corrected chi connectivity index (χ3v) is 3.90. The quantitative estimate of drug-likeness (QED) is 0.757. The molecule has 0 bridgehead atoms. The summed E-state index contributed by atoms with van der Waals surface area (Å²) in [5.41, 5.74) is 1.10. The van der Waals surface area contributed by atoms with Gasteiger partial charge in [0.15, 0.2) is 5.78 Å². The Labute approximate surface area is 114 Å². The molecule has 1 aliphatic heterocycles. The van der Waals surface area contributed by atoms with Crippen LogP contribution in [0, 0.1) is 12.7 Å². The number of hydrogen-bond acceptors (Lipinski definition) is 2. The number of hydrogen-bond donors (Lipinski definition) is 0. The molecule has 19 heavy (non-hydrogen) atoms. The van der Waals surface area contributed by atoms with Gasteiger partial charge in [0, 0.05) is 5.56 Å². The Hall–Kier alpha value is -1.22. The summed E-state index contributed by atoms with van der Waals surface area (Å²) in [7, 11) is 0. The molecule has 0 spiro atoms. The second-order valence-corrected chi connectivity index (χ2v) is 5.38. The molecule has 0 aliphatic carbocycles. The number of rotatable bonds is 5. The lowest BCUT2D eigenvalue weighted by atomic mass is 9.98. The lowest BCUT2D eigenvalue weighted by Crippen LogP contribution is -2.39. The fourth-order valence-corrected chi connectivity index (χ4v) is 2.74. The molecule has 1 saturated heterocycles. The van der Waals surface area contributed by atoms with Crippen LogP contribution >= 0.6 is 0 Å². The molecule has 0 radical (unpaired) electrons. The highest BCUT2D eigenvalue weighted by Crippen LogP contribution is 2.20. The molecular formula is C16H22FNO. The van der Waals surface area contributed by atoms with E-state index >= 15 is 0 Å². The molecular weight excluding hydrogens is 241 g/mol. The van der Waals surface area contributed by atoms with Gasteiger partial charge in [-0.05, 0) is 50.9 Å². The molecule has 2 nitrogen and oxygen atoms in total. The largest absolute Gasteiger partial charge is 0.293 e. The number of aryl methyl sites for hydroxylation is 1. The maximum atomic E-state index is 13.6. The van der Waals surface area contributed by atoms with E-state index in [2.05, 4.69) is 11.8 Å². The van der Waals surface area contributed by atoms with Crippen LogP contribution in [-0.4, -0.2) is 29.8 Å². The van der Waals surface area contributed by atoms with Gasteiger partial charge in [-0.25, -0.2) is 4.39 Å². The first-order valence-electron chi connectivity index (χ1n) is 7.18. The zero-order valence-electron chi connectivity index (χ0n) is 11.8. The van der Waals surface area contributed by atoms with Crippen LogP contribution in [-0.2, 0) is 0 Å². The van der Waals surface area contributed by atoms with Gasteiger partial charge < -0.3 is 0 Å². The second kappa shape index (κ2) is 6.29. The highest BCUT2D eigenvalue weighted by Gasteiger charge is 2.28. The summed E-state index contributed by atoms with van der Waals surface area (Å²) < 4.78 is 13.6. The first kappa shape index (κ1) is 14.2. The number of Topliss-reactive ketones (excluding diaryl/α,β-unsaturated/α-hetero) is 1. The Balaban J connectivity index is 2.20. The molecule has 1 atom stereocenters. The maximum Gasteiger partial charge on any atom is 0.180 e. The van der Waals surface area contributed by atoms with Crippen molar-refractivity contribution in [2.75, 3.05) is 13.1 Å². The van der Waals surface area contributed by atoms with E-state index in [0.29, 0.717) is 11.1 Å². The van der Waals surface area contributed by atoms with Crippen LogP contribution in [0.5, 0.6) is 0 Å². The van der Waals surface area contributed by atoms with Gasteiger partial charge in [-0.2, -0.15) is 0 Å². The smallest absolute Gasteiger partial charge is 0.180 e. The molecule has 0 aromatic heterocycles. The predicted octanol–water partition coefficient (Wildman–Crippen LogP) is 3.58. The van der Waals surface area contributed by atoms with E-state index in [-0.39, 0.29) is 17.6 Å². The van der Waals surface area contributed by atoms with Crippen molar-refractivity contribution in [3.05, 3.63) is 35.1 Å². The summed E-state index contributed by atoms with van der Waals surface area (Å²) in [6, 6.07) is 4.75. The number of carbonyl (C=O) groups excluding carboxylic acids is 1. The third kappa shape index (κ3) is 3.21. The molecule has 0 N–H and O–H groups in total. The molecule has 1 aliphatic rings. The van der Waals surface area contributed by atoms with Crippen molar-refractivity contribution in [1.29, 1.82) is 0 Å². The van der Waals surface area contributed by atoms with E-state index in [4.69, 9.17) is 0 Å². The second-order valence-electron chi connectivity index (χ2n) is 5.38. The minimum atomic E-state index is -0.289. The Morgan fingerprint density at radius 3 is 2.63 bits per heavy atom. The summed E-state index contributed by atoms with van der Waals surface area (Å²) >= 11 is 0. The van der Waals surface area contributed by atoms with Gasteiger partial charge in [0.2, 0.25) is 0 Å². The molecule has 1 aromatic rings. The summed E-state index contributed by atoms with van der Waals surface area (Å²) in [5.74, 6) is -0.217. The molecule has 2 rings (SSSR count). The monoisotopic (exact) mass is 263 g/mol. The Kier molecular flexibility index (Phi) is 4.70. The van der Waals surface area contributed by atoms with Gasteiger partial charge in [0.1, 0.15) is 5.82 Å². The van der Waals surface area contributed by atoms with E-state index in [1.807, 2.05) is 0 Å². The Morgan fingerprint density at radius 1 is 1.37 bits per heavy atom. The number of halogens is 1. The number of nitrogens with zero attached hydrogens (tertiary/aromatic N) is 1. The fraction of sp³-hybridized carbons (Fsp3) is 0.562. The van der Waals surface area contributed by atoms with Gasteiger partial charge in [-0.1, -0.05) is 25.5 Å². The zero-order chi connectivity index (χ0) is 13.8. The van der Waals surface area contributed by atoms with Crippen LogP contribution < -0.4 is 0 Å². The molecule has 1 fully saturated rings. The van der Waals surface area contributed by atoms with E-state index in [1.165, 1.54) is 6.07 Å². The highest BCUT2D eigenvalue weighted by molar-refractivity contribution is 6.00. The molecule has 1 unspecified atom stereocenters. The number of likely N-dealkylation sites (tertiary alicyclic amines) is 1. The van der Waals surface area contributed by atoms with Crippen LogP contribution in [0.1, 0.15) is 48.5 Å². The van der Waals surface area contributed by atoms with Gasteiger partial charge in [-0.15, -0.1) is 0 Å². The first-order chi connectivity index (χ1) is 9.13. The molecule has 0 saturated carbocycles. The molecule has 3 heteroatoms.